The van der Waals surface area contributed by atoms with Gasteiger partial charge in [-0.05, 0) is 61.3 Å². The van der Waals surface area contributed by atoms with E-state index in [2.05, 4.69) is 5.32 Å². The molecule has 2 saturated carbocycles. The number of benzene rings is 1. The number of nitrogens with one attached hydrogen (secondary N) is 1. The third kappa shape index (κ3) is 2.55. The lowest BCUT2D eigenvalue weighted by Crippen LogP contribution is -2.26. The molecule has 0 amide bonds. The highest BCUT2D eigenvalue weighted by molar-refractivity contribution is 6.30. The molecule has 0 aliphatic heterocycles. The van der Waals surface area contributed by atoms with Gasteiger partial charge in [0.1, 0.15) is 5.82 Å². The number of hydrogen-bond donors (Lipinski definition) is 1. The first-order valence-electron chi connectivity index (χ1n) is 6.87. The molecule has 1 N–H and O–H groups in total. The molecule has 0 saturated heterocycles. The van der Waals surface area contributed by atoms with Crippen LogP contribution in [0, 0.1) is 23.6 Å². The summed E-state index contributed by atoms with van der Waals surface area (Å²) in [6.07, 6.45) is 5.71. The molecule has 3 atom stereocenters. The Balaban J connectivity index is 1.48. The first-order chi connectivity index (χ1) is 8.72. The fraction of sp³-hybridized carbons (Fsp3) is 0.600. The van der Waals surface area contributed by atoms with Crippen molar-refractivity contribution in [3.8, 4) is 0 Å². The second-order valence-corrected chi connectivity index (χ2v) is 6.22. The zero-order chi connectivity index (χ0) is 12.5. The Morgan fingerprint density at radius 3 is 2.83 bits per heavy atom. The van der Waals surface area contributed by atoms with E-state index in [9.17, 15) is 4.39 Å². The van der Waals surface area contributed by atoms with Crippen LogP contribution in [0.4, 0.5) is 4.39 Å². The number of fused-ring (bicyclic) bond motifs is 2. The topological polar surface area (TPSA) is 12.0 Å². The lowest BCUT2D eigenvalue weighted by molar-refractivity contribution is 0.318. The van der Waals surface area contributed by atoms with E-state index in [0.717, 1.165) is 36.4 Å². The Bertz CT molecular complexity index is 435. The summed E-state index contributed by atoms with van der Waals surface area (Å²) in [5.74, 6) is 2.47. The second-order valence-electron chi connectivity index (χ2n) is 5.81. The van der Waals surface area contributed by atoms with Crippen molar-refractivity contribution in [2.75, 3.05) is 6.54 Å². The summed E-state index contributed by atoms with van der Waals surface area (Å²) in [5.41, 5.74) is 0.972. The lowest BCUT2D eigenvalue weighted by atomic mass is 9.89. The predicted molar refractivity (Wildman–Crippen MR) is 72.1 cm³/mol. The molecule has 0 spiro atoms. The van der Waals surface area contributed by atoms with E-state index in [1.165, 1.54) is 31.7 Å². The molecule has 1 nitrogen and oxygen atoms in total. The molecule has 1 aromatic rings. The summed E-state index contributed by atoms with van der Waals surface area (Å²) >= 11 is 5.67. The zero-order valence-corrected chi connectivity index (χ0v) is 11.2. The molecule has 1 aromatic carbocycles. The smallest absolute Gasteiger partial charge is 0.142 e. The van der Waals surface area contributed by atoms with Gasteiger partial charge in [0.25, 0.3) is 0 Å². The highest BCUT2D eigenvalue weighted by Crippen LogP contribution is 2.47. The Kier molecular flexibility index (Phi) is 3.58. The minimum Gasteiger partial charge on any atom is -0.312 e. The van der Waals surface area contributed by atoms with Gasteiger partial charge in [0.15, 0.2) is 0 Å². The highest BCUT2D eigenvalue weighted by atomic mass is 35.5. The van der Waals surface area contributed by atoms with E-state index in [1.54, 1.807) is 6.07 Å². The first kappa shape index (κ1) is 12.4. The normalized spacial score (nSPS) is 30.0. The number of hydrogen-bond acceptors (Lipinski definition) is 1. The lowest BCUT2D eigenvalue weighted by Gasteiger charge is -2.21. The van der Waals surface area contributed by atoms with Gasteiger partial charge in [0.05, 0.1) is 5.02 Å². The molecular formula is C15H19ClFN. The molecule has 2 fully saturated rings. The zero-order valence-electron chi connectivity index (χ0n) is 10.5. The summed E-state index contributed by atoms with van der Waals surface area (Å²) in [5, 5.41) is 3.67. The van der Waals surface area contributed by atoms with Crippen molar-refractivity contribution in [2.24, 2.45) is 17.8 Å². The van der Waals surface area contributed by atoms with Crippen LogP contribution in [0.2, 0.25) is 5.02 Å². The molecule has 2 aliphatic carbocycles. The Labute approximate surface area is 113 Å². The third-order valence-electron chi connectivity index (χ3n) is 4.60. The molecule has 2 aliphatic rings. The van der Waals surface area contributed by atoms with Crippen LogP contribution in [0.1, 0.15) is 31.2 Å². The maximum atomic E-state index is 13.3. The molecule has 3 heteroatoms. The fourth-order valence-electron chi connectivity index (χ4n) is 3.68. The van der Waals surface area contributed by atoms with Gasteiger partial charge in [-0.1, -0.05) is 24.1 Å². The quantitative estimate of drug-likeness (QED) is 0.869. The van der Waals surface area contributed by atoms with Crippen molar-refractivity contribution in [3.05, 3.63) is 34.6 Å². The maximum absolute atomic E-state index is 13.3. The second kappa shape index (κ2) is 5.18. The minimum absolute atomic E-state index is 0.201. The molecular weight excluding hydrogens is 249 g/mol. The van der Waals surface area contributed by atoms with Gasteiger partial charge in [-0.3, -0.25) is 0 Å². The van der Waals surface area contributed by atoms with Crippen molar-refractivity contribution in [1.82, 2.24) is 5.32 Å². The van der Waals surface area contributed by atoms with Crippen molar-refractivity contribution >= 4 is 11.6 Å². The Morgan fingerprint density at radius 2 is 2.17 bits per heavy atom. The van der Waals surface area contributed by atoms with E-state index in [1.807, 2.05) is 6.07 Å². The summed E-state index contributed by atoms with van der Waals surface area (Å²) < 4.78 is 13.3. The predicted octanol–water partition coefficient (Wildman–Crippen LogP) is 4.00. The fourth-order valence-corrected chi connectivity index (χ4v) is 3.80. The van der Waals surface area contributed by atoms with Crippen LogP contribution < -0.4 is 5.32 Å². The van der Waals surface area contributed by atoms with Gasteiger partial charge in [-0.2, -0.15) is 0 Å². The van der Waals surface area contributed by atoms with Crippen molar-refractivity contribution in [1.29, 1.82) is 0 Å². The molecule has 98 valence electrons. The minimum atomic E-state index is -0.323. The van der Waals surface area contributed by atoms with Crippen LogP contribution in [0.5, 0.6) is 0 Å². The molecule has 2 bridgehead atoms. The summed E-state index contributed by atoms with van der Waals surface area (Å²) in [4.78, 5) is 0. The van der Waals surface area contributed by atoms with Crippen LogP contribution in [-0.4, -0.2) is 6.54 Å². The van der Waals surface area contributed by atoms with E-state index in [-0.39, 0.29) is 10.8 Å². The summed E-state index contributed by atoms with van der Waals surface area (Å²) in [7, 11) is 0. The summed E-state index contributed by atoms with van der Waals surface area (Å²) in [6.45, 7) is 1.81. The van der Waals surface area contributed by atoms with Crippen molar-refractivity contribution in [3.63, 3.8) is 0 Å². The van der Waals surface area contributed by atoms with Crippen LogP contribution in [0.3, 0.4) is 0 Å². The molecule has 0 heterocycles. The van der Waals surface area contributed by atoms with Crippen molar-refractivity contribution in [2.45, 2.75) is 32.2 Å². The van der Waals surface area contributed by atoms with Crippen LogP contribution >= 0.6 is 11.6 Å². The van der Waals surface area contributed by atoms with Gasteiger partial charge >= 0.3 is 0 Å². The van der Waals surface area contributed by atoms with Crippen LogP contribution in [0.25, 0.3) is 0 Å². The van der Waals surface area contributed by atoms with Gasteiger partial charge in [-0.25, -0.2) is 4.39 Å². The Morgan fingerprint density at radius 1 is 1.28 bits per heavy atom. The van der Waals surface area contributed by atoms with E-state index < -0.39 is 0 Å². The molecule has 3 rings (SSSR count). The average molecular weight is 268 g/mol. The van der Waals surface area contributed by atoms with Crippen molar-refractivity contribution < 1.29 is 4.39 Å². The largest absolute Gasteiger partial charge is 0.312 e. The SMILES string of the molecule is Fc1cc(CNCC2CC3CCC2C3)ccc1Cl. The highest BCUT2D eigenvalue weighted by Gasteiger charge is 2.38. The molecule has 0 radical (unpaired) electrons. The standard InChI is InChI=1S/C15H19ClFN/c16-14-4-2-11(7-15(14)17)8-18-9-13-6-10-1-3-12(13)5-10/h2,4,7,10,12-13,18H,1,3,5-6,8-9H2. The first-order valence-corrected chi connectivity index (χ1v) is 7.25. The van der Waals surface area contributed by atoms with Gasteiger partial charge in [-0.15, -0.1) is 0 Å². The van der Waals surface area contributed by atoms with E-state index >= 15 is 0 Å². The number of halogens is 2. The Hall–Kier alpha value is -0.600. The third-order valence-corrected chi connectivity index (χ3v) is 4.91. The van der Waals surface area contributed by atoms with Gasteiger partial charge in [0, 0.05) is 6.54 Å². The van der Waals surface area contributed by atoms with Crippen LogP contribution in [0.15, 0.2) is 18.2 Å². The maximum Gasteiger partial charge on any atom is 0.142 e. The molecule has 0 aromatic heterocycles. The summed E-state index contributed by atoms with van der Waals surface area (Å²) in [6, 6.07) is 5.04. The van der Waals surface area contributed by atoms with Crippen LogP contribution in [-0.2, 0) is 6.54 Å². The van der Waals surface area contributed by atoms with E-state index in [4.69, 9.17) is 11.6 Å². The molecule has 3 unspecified atom stereocenters. The van der Waals surface area contributed by atoms with E-state index in [0.29, 0.717) is 0 Å². The van der Waals surface area contributed by atoms with Gasteiger partial charge < -0.3 is 5.32 Å². The molecule has 18 heavy (non-hydrogen) atoms. The average Bonchev–Trinajstić information content (AvgIpc) is 2.96. The van der Waals surface area contributed by atoms with Gasteiger partial charge in [0.2, 0.25) is 0 Å². The number of rotatable bonds is 4. The monoisotopic (exact) mass is 267 g/mol.